The third kappa shape index (κ3) is 6.71. The van der Waals surface area contributed by atoms with Gasteiger partial charge in [-0.3, -0.25) is 9.52 Å². The zero-order chi connectivity index (χ0) is 25.8. The fourth-order valence-corrected chi connectivity index (χ4v) is 4.58. The van der Waals surface area contributed by atoms with Gasteiger partial charge in [0.1, 0.15) is 5.75 Å². The first-order chi connectivity index (χ1) is 16.4. The number of benzene rings is 2. The van der Waals surface area contributed by atoms with Crippen LogP contribution in [0.3, 0.4) is 0 Å². The van der Waals surface area contributed by atoms with Crippen molar-refractivity contribution in [2.24, 2.45) is 0 Å². The summed E-state index contributed by atoms with van der Waals surface area (Å²) in [6.07, 6.45) is 11.0. The quantitative estimate of drug-likeness (QED) is 0.483. The number of sulfonamides is 1. The third-order valence-corrected chi connectivity index (χ3v) is 6.24. The predicted octanol–water partition coefficient (Wildman–Crippen LogP) is 5.59. The first-order valence-corrected chi connectivity index (χ1v) is 13.2. The second kappa shape index (κ2) is 10.6. The van der Waals surface area contributed by atoms with Crippen molar-refractivity contribution >= 4 is 39.2 Å². The molecule has 1 N–H and O–H groups in total. The van der Waals surface area contributed by atoms with E-state index in [9.17, 15) is 13.2 Å². The Bertz CT molecular complexity index is 1310. The van der Waals surface area contributed by atoms with Gasteiger partial charge in [-0.2, -0.15) is 0 Å². The van der Waals surface area contributed by atoms with E-state index in [1.165, 1.54) is 0 Å². The highest BCUT2D eigenvalue weighted by molar-refractivity contribution is 7.92. The molecule has 0 spiro atoms. The summed E-state index contributed by atoms with van der Waals surface area (Å²) in [6, 6.07) is 9.34. The molecular formula is C28H33NO5S. The molecule has 0 radical (unpaired) electrons. The summed E-state index contributed by atoms with van der Waals surface area (Å²) in [6.45, 7) is 6.66. The van der Waals surface area contributed by atoms with Crippen molar-refractivity contribution in [3.8, 4) is 5.75 Å². The molecule has 0 unspecified atom stereocenters. The van der Waals surface area contributed by atoms with Gasteiger partial charge in [0.25, 0.3) is 0 Å². The standard InChI is InChI=1S/C28H33NO5S/c1-28(2,3)25-17-21(24-9-7-8-10-26(24)30)15-20(27(25)34-5)12-11-19-13-14-23(29-35(6,31)32)16-22(19)18-33-4/h7-9,11-17,29H,10,18H2,1-6H3/b12-11+. The zero-order valence-electron chi connectivity index (χ0n) is 21.1. The van der Waals surface area contributed by atoms with Gasteiger partial charge in [0.05, 0.1) is 20.0 Å². The maximum absolute atomic E-state index is 12.6. The van der Waals surface area contributed by atoms with Crippen LogP contribution in [0.5, 0.6) is 5.75 Å². The van der Waals surface area contributed by atoms with E-state index in [-0.39, 0.29) is 11.2 Å². The molecular weight excluding hydrogens is 462 g/mol. The van der Waals surface area contributed by atoms with Gasteiger partial charge < -0.3 is 9.47 Å². The number of anilines is 1. The normalized spacial score (nSPS) is 14.3. The molecule has 6 nitrogen and oxygen atoms in total. The van der Waals surface area contributed by atoms with Crippen molar-refractivity contribution in [3.63, 3.8) is 0 Å². The molecule has 0 bridgehead atoms. The molecule has 35 heavy (non-hydrogen) atoms. The number of methoxy groups -OCH3 is 2. The Balaban J connectivity index is 2.13. The van der Waals surface area contributed by atoms with Gasteiger partial charge in [-0.05, 0) is 46.4 Å². The first kappa shape index (κ1) is 26.4. The highest BCUT2D eigenvalue weighted by atomic mass is 32.2. The molecule has 0 fully saturated rings. The van der Waals surface area contributed by atoms with Gasteiger partial charge in [-0.25, -0.2) is 8.42 Å². The predicted molar refractivity (Wildman–Crippen MR) is 143 cm³/mol. The molecule has 0 aliphatic heterocycles. The Morgan fingerprint density at radius 2 is 1.77 bits per heavy atom. The summed E-state index contributed by atoms with van der Waals surface area (Å²) < 4.78 is 36.9. The van der Waals surface area contributed by atoms with E-state index in [1.54, 1.807) is 26.4 Å². The van der Waals surface area contributed by atoms with E-state index < -0.39 is 10.0 Å². The van der Waals surface area contributed by atoms with Crippen molar-refractivity contribution in [1.29, 1.82) is 0 Å². The Labute approximate surface area is 208 Å². The van der Waals surface area contributed by atoms with Crippen LogP contribution >= 0.6 is 0 Å². The Hall–Kier alpha value is -3.16. The number of ether oxygens (including phenoxy) is 2. The van der Waals surface area contributed by atoms with Crippen molar-refractivity contribution in [2.45, 2.75) is 39.2 Å². The minimum atomic E-state index is -3.39. The van der Waals surface area contributed by atoms with Crippen LogP contribution in [0.2, 0.25) is 0 Å². The molecule has 0 saturated carbocycles. The number of carbonyl (C=O) groups excluding carboxylic acids is 1. The fraction of sp³-hybridized carbons (Fsp3) is 0.321. The van der Waals surface area contributed by atoms with Gasteiger partial charge in [-0.15, -0.1) is 0 Å². The maximum atomic E-state index is 12.6. The topological polar surface area (TPSA) is 81.7 Å². The first-order valence-electron chi connectivity index (χ1n) is 11.3. The monoisotopic (exact) mass is 495 g/mol. The van der Waals surface area contributed by atoms with E-state index in [1.807, 2.05) is 48.6 Å². The molecule has 2 aromatic carbocycles. The second-order valence-corrected chi connectivity index (χ2v) is 11.3. The Morgan fingerprint density at radius 1 is 1.06 bits per heavy atom. The molecule has 1 aliphatic carbocycles. The minimum absolute atomic E-state index is 0.0869. The second-order valence-electron chi connectivity index (χ2n) is 9.59. The average Bonchev–Trinajstić information content (AvgIpc) is 2.77. The van der Waals surface area contributed by atoms with E-state index >= 15 is 0 Å². The number of nitrogens with one attached hydrogen (secondary N) is 1. The summed E-state index contributed by atoms with van der Waals surface area (Å²) >= 11 is 0. The summed E-state index contributed by atoms with van der Waals surface area (Å²) in [5, 5.41) is 0. The lowest BCUT2D eigenvalue weighted by molar-refractivity contribution is -0.113. The van der Waals surface area contributed by atoms with Gasteiger partial charge >= 0.3 is 0 Å². The summed E-state index contributed by atoms with van der Waals surface area (Å²) in [5.74, 6) is 0.837. The number of carbonyl (C=O) groups is 1. The van der Waals surface area contributed by atoms with Gasteiger partial charge in [0.2, 0.25) is 10.0 Å². The van der Waals surface area contributed by atoms with Gasteiger partial charge in [0, 0.05) is 35.9 Å². The van der Waals surface area contributed by atoms with Crippen LogP contribution in [-0.4, -0.2) is 34.7 Å². The van der Waals surface area contributed by atoms with E-state index in [0.29, 0.717) is 24.3 Å². The highest BCUT2D eigenvalue weighted by Crippen LogP contribution is 2.38. The molecule has 0 atom stereocenters. The minimum Gasteiger partial charge on any atom is -0.496 e. The number of rotatable bonds is 8. The molecule has 0 amide bonds. The summed E-state index contributed by atoms with van der Waals surface area (Å²) in [4.78, 5) is 12.6. The molecule has 0 saturated heterocycles. The molecule has 0 heterocycles. The van der Waals surface area contributed by atoms with Crippen LogP contribution in [0, 0.1) is 0 Å². The number of hydrogen-bond acceptors (Lipinski definition) is 5. The van der Waals surface area contributed by atoms with E-state index in [0.717, 1.165) is 39.8 Å². The van der Waals surface area contributed by atoms with Crippen LogP contribution < -0.4 is 9.46 Å². The van der Waals surface area contributed by atoms with Crippen LogP contribution in [0.25, 0.3) is 17.7 Å². The van der Waals surface area contributed by atoms with Crippen molar-refractivity contribution < 1.29 is 22.7 Å². The van der Waals surface area contributed by atoms with E-state index in [4.69, 9.17) is 9.47 Å². The molecule has 186 valence electrons. The third-order valence-electron chi connectivity index (χ3n) is 5.63. The van der Waals surface area contributed by atoms with Gasteiger partial charge in [0.15, 0.2) is 5.78 Å². The van der Waals surface area contributed by atoms with Crippen LogP contribution in [0.15, 0.2) is 48.6 Å². The molecule has 7 heteroatoms. The Morgan fingerprint density at radius 3 is 2.37 bits per heavy atom. The Kier molecular flexibility index (Phi) is 8.03. The maximum Gasteiger partial charge on any atom is 0.229 e. The summed E-state index contributed by atoms with van der Waals surface area (Å²) in [5.41, 5.74) is 5.37. The SMILES string of the molecule is COCc1cc(NS(C)(=O)=O)ccc1/C=C/c1cc(C2=CC=CCC2=O)cc(C(C)(C)C)c1OC. The van der Waals surface area contributed by atoms with Gasteiger partial charge in [-0.1, -0.05) is 57.2 Å². The van der Waals surface area contributed by atoms with E-state index in [2.05, 4.69) is 25.5 Å². The van der Waals surface area contributed by atoms with Crippen LogP contribution in [-0.2, 0) is 31.6 Å². The molecule has 2 aromatic rings. The smallest absolute Gasteiger partial charge is 0.229 e. The lowest BCUT2D eigenvalue weighted by Crippen LogP contribution is -2.15. The molecule has 0 aromatic heterocycles. The highest BCUT2D eigenvalue weighted by Gasteiger charge is 2.24. The molecule has 1 aliphatic rings. The summed E-state index contributed by atoms with van der Waals surface area (Å²) in [7, 11) is -0.145. The number of allylic oxidation sites excluding steroid dienone is 4. The van der Waals surface area contributed by atoms with Crippen molar-refractivity contribution in [2.75, 3.05) is 25.2 Å². The van der Waals surface area contributed by atoms with Crippen LogP contribution in [0.1, 0.15) is 55.0 Å². The molecule has 3 rings (SSSR count). The number of ketones is 1. The zero-order valence-corrected chi connectivity index (χ0v) is 22.0. The average molecular weight is 496 g/mol. The van der Waals surface area contributed by atoms with Crippen molar-refractivity contribution in [1.82, 2.24) is 0 Å². The lowest BCUT2D eigenvalue weighted by Gasteiger charge is -2.25. The van der Waals surface area contributed by atoms with Crippen molar-refractivity contribution in [3.05, 3.63) is 76.4 Å². The largest absolute Gasteiger partial charge is 0.496 e. The number of Topliss-reactive ketones (excluding diaryl/α,β-unsaturated/α-hetero) is 1. The number of hydrogen-bond donors (Lipinski definition) is 1. The van der Waals surface area contributed by atoms with Crippen LogP contribution in [0.4, 0.5) is 5.69 Å². The lowest BCUT2D eigenvalue weighted by atomic mass is 9.82. The fourth-order valence-electron chi connectivity index (χ4n) is 4.02.